The predicted octanol–water partition coefficient (Wildman–Crippen LogP) is 13.6. The maximum absolute atomic E-state index is 2.63. The van der Waals surface area contributed by atoms with Gasteiger partial charge in [0, 0.05) is 43.3 Å². The second-order valence-corrected chi connectivity index (χ2v) is 20.2. The average Bonchev–Trinajstić information content (AvgIpc) is 3.89. The van der Waals surface area contributed by atoms with Crippen LogP contribution in [0, 0.1) is 20.8 Å². The zero-order valence-corrected chi connectivity index (χ0v) is 36.8. The molecule has 0 amide bonds. The Morgan fingerprint density at radius 1 is 0.484 bits per heavy atom. The van der Waals surface area contributed by atoms with Crippen molar-refractivity contribution in [2.24, 2.45) is 0 Å². The van der Waals surface area contributed by atoms with Gasteiger partial charge in [0.2, 0.25) is 0 Å². The molecule has 9 aromatic rings. The van der Waals surface area contributed by atoms with Crippen LogP contribution in [0.15, 0.2) is 164 Å². The lowest BCUT2D eigenvalue weighted by Crippen LogP contribution is -2.60. The SMILES string of the molecule is Cc1ccc(N2c3ccccc3B3c4sc5cc6c(cc5c4N(c4ccc(C)cc4)c4cc(C)cc2c43)C2(c3ccccc3-c3ccccc32)c2cc(C(C)(C)C)ccc2-6)cc1. The molecule has 1 aromatic heterocycles. The van der Waals surface area contributed by atoms with Crippen LogP contribution in [0.3, 0.4) is 0 Å². The highest BCUT2D eigenvalue weighted by Crippen LogP contribution is 2.64. The van der Waals surface area contributed by atoms with Gasteiger partial charge < -0.3 is 9.80 Å². The number of fused-ring (bicyclic) bond motifs is 16. The van der Waals surface area contributed by atoms with Gasteiger partial charge in [0.1, 0.15) is 0 Å². The van der Waals surface area contributed by atoms with E-state index in [1.54, 1.807) is 0 Å². The van der Waals surface area contributed by atoms with Gasteiger partial charge in [-0.05, 0) is 147 Å². The molecule has 8 aromatic carbocycles. The minimum absolute atomic E-state index is 0.00624. The molecule has 0 saturated carbocycles. The van der Waals surface area contributed by atoms with Crippen LogP contribution in [-0.4, -0.2) is 6.71 Å². The van der Waals surface area contributed by atoms with Crippen molar-refractivity contribution in [1.82, 2.24) is 0 Å². The Bertz CT molecular complexity index is 3340. The van der Waals surface area contributed by atoms with E-state index in [4.69, 9.17) is 0 Å². The largest absolute Gasteiger partial charge is 0.311 e. The topological polar surface area (TPSA) is 6.48 Å². The lowest BCUT2D eigenvalue weighted by atomic mass is 9.36. The van der Waals surface area contributed by atoms with Crippen molar-refractivity contribution < 1.29 is 0 Å². The molecule has 0 bridgehead atoms. The molecule has 296 valence electrons. The van der Waals surface area contributed by atoms with Crippen LogP contribution in [0.4, 0.5) is 34.1 Å². The maximum atomic E-state index is 2.63. The summed E-state index contributed by atoms with van der Waals surface area (Å²) >= 11 is 2.00. The summed E-state index contributed by atoms with van der Waals surface area (Å²) in [7, 11) is 0. The zero-order chi connectivity index (χ0) is 41.8. The highest BCUT2D eigenvalue weighted by Gasteiger charge is 2.53. The molecule has 0 N–H and O–H groups in total. The quantitative estimate of drug-likeness (QED) is 0.160. The van der Waals surface area contributed by atoms with Gasteiger partial charge in [0.25, 0.3) is 6.71 Å². The van der Waals surface area contributed by atoms with Gasteiger partial charge in [0.05, 0.1) is 11.1 Å². The number of rotatable bonds is 2. The highest BCUT2D eigenvalue weighted by atomic mass is 32.1. The second-order valence-electron chi connectivity index (χ2n) is 19.1. The summed E-state index contributed by atoms with van der Waals surface area (Å²) in [6, 6.07) is 63.3. The third-order valence-corrected chi connectivity index (χ3v) is 15.6. The fraction of sp³-hybridized carbons (Fsp3) is 0.138. The van der Waals surface area contributed by atoms with Crippen molar-refractivity contribution in [2.45, 2.75) is 52.4 Å². The van der Waals surface area contributed by atoms with Crippen molar-refractivity contribution in [3.63, 3.8) is 0 Å². The van der Waals surface area contributed by atoms with Gasteiger partial charge in [-0.15, -0.1) is 11.3 Å². The molecule has 1 spiro atoms. The van der Waals surface area contributed by atoms with Crippen LogP contribution in [-0.2, 0) is 10.8 Å². The van der Waals surface area contributed by atoms with Gasteiger partial charge in [-0.1, -0.05) is 141 Å². The van der Waals surface area contributed by atoms with E-state index in [0.717, 1.165) is 0 Å². The lowest BCUT2D eigenvalue weighted by molar-refractivity contribution is 0.588. The van der Waals surface area contributed by atoms with Gasteiger partial charge in [-0.2, -0.15) is 0 Å². The number of para-hydroxylation sites is 1. The van der Waals surface area contributed by atoms with E-state index in [2.05, 4.69) is 215 Å². The molecule has 3 heterocycles. The van der Waals surface area contributed by atoms with Gasteiger partial charge in [-0.25, -0.2) is 0 Å². The monoisotopic (exact) mass is 812 g/mol. The van der Waals surface area contributed by atoms with Crippen molar-refractivity contribution in [3.05, 3.63) is 208 Å². The molecule has 0 unspecified atom stereocenters. The Hall–Kier alpha value is -6.62. The second kappa shape index (κ2) is 12.5. The molecule has 62 heavy (non-hydrogen) atoms. The van der Waals surface area contributed by atoms with Crippen LogP contribution < -0.4 is 25.5 Å². The molecular formula is C58H45BN2S. The smallest absolute Gasteiger partial charge is 0.264 e. The molecular weight excluding hydrogens is 768 g/mol. The minimum atomic E-state index is -0.445. The van der Waals surface area contributed by atoms with Crippen molar-refractivity contribution in [1.29, 1.82) is 0 Å². The summed E-state index contributed by atoms with van der Waals surface area (Å²) in [4.78, 5) is 5.13. The van der Waals surface area contributed by atoms with E-state index in [-0.39, 0.29) is 12.1 Å². The standard InChI is InChI=1S/C58H45BN2S/c1-34-19-24-38(25-20-34)60-50-18-12-11-17-49(50)59-54-51(60)29-36(3)30-52(54)61(39-26-21-35(2)22-27-39)55-44-32-48-43(33-53(44)62-56(55)59)42-28-23-37(57(4,5)6)31-47(42)58(48)45-15-9-7-13-40(45)41-14-8-10-16-46(41)58/h7-33H,1-6H3. The number of hydrogen-bond acceptors (Lipinski definition) is 3. The fourth-order valence-corrected chi connectivity index (χ4v) is 12.9. The van der Waals surface area contributed by atoms with E-state index in [1.165, 1.54) is 127 Å². The summed E-state index contributed by atoms with van der Waals surface area (Å²) in [5.41, 5.74) is 25.8. The van der Waals surface area contributed by atoms with Crippen molar-refractivity contribution >= 4 is 78.0 Å². The summed E-state index contributed by atoms with van der Waals surface area (Å²) in [6.07, 6.45) is 0. The minimum Gasteiger partial charge on any atom is -0.311 e. The molecule has 4 heteroatoms. The molecule has 0 atom stereocenters. The fourth-order valence-electron chi connectivity index (χ4n) is 11.6. The zero-order valence-electron chi connectivity index (χ0n) is 36.0. The van der Waals surface area contributed by atoms with Crippen LogP contribution in [0.1, 0.15) is 65.3 Å². The Morgan fingerprint density at radius 3 is 1.71 bits per heavy atom. The molecule has 13 rings (SSSR count). The van der Waals surface area contributed by atoms with E-state index in [1.807, 2.05) is 11.3 Å². The van der Waals surface area contributed by atoms with Crippen molar-refractivity contribution in [3.8, 4) is 22.3 Å². The van der Waals surface area contributed by atoms with E-state index in [9.17, 15) is 0 Å². The summed E-state index contributed by atoms with van der Waals surface area (Å²) < 4.78 is 2.74. The summed E-state index contributed by atoms with van der Waals surface area (Å²) in [5, 5.41) is 1.32. The summed E-state index contributed by atoms with van der Waals surface area (Å²) in [6.45, 7) is 13.7. The number of thiophene rings is 1. The Balaban J connectivity index is 1.15. The summed E-state index contributed by atoms with van der Waals surface area (Å²) in [5.74, 6) is 0. The Labute approximate surface area is 368 Å². The van der Waals surface area contributed by atoms with Gasteiger partial charge >= 0.3 is 0 Å². The van der Waals surface area contributed by atoms with Crippen LogP contribution >= 0.6 is 11.3 Å². The first-order chi connectivity index (χ1) is 30.1. The Morgan fingerprint density at radius 2 is 1.05 bits per heavy atom. The van der Waals surface area contributed by atoms with Gasteiger partial charge in [0.15, 0.2) is 0 Å². The normalized spacial score (nSPS) is 14.6. The third kappa shape index (κ3) is 4.66. The first-order valence-corrected chi connectivity index (χ1v) is 22.9. The van der Waals surface area contributed by atoms with E-state index in [0.29, 0.717) is 0 Å². The van der Waals surface area contributed by atoms with E-state index < -0.39 is 5.41 Å². The van der Waals surface area contributed by atoms with Crippen molar-refractivity contribution in [2.75, 3.05) is 9.80 Å². The third-order valence-electron chi connectivity index (χ3n) is 14.4. The number of benzene rings is 8. The average molecular weight is 813 g/mol. The molecule has 0 radical (unpaired) electrons. The number of aryl methyl sites for hydroxylation is 3. The van der Waals surface area contributed by atoms with Crippen LogP contribution in [0.5, 0.6) is 0 Å². The molecule has 2 nitrogen and oxygen atoms in total. The van der Waals surface area contributed by atoms with Crippen LogP contribution in [0.2, 0.25) is 0 Å². The predicted molar refractivity (Wildman–Crippen MR) is 265 cm³/mol. The molecule has 2 aliphatic heterocycles. The highest BCUT2D eigenvalue weighted by molar-refractivity contribution is 7.33. The van der Waals surface area contributed by atoms with E-state index >= 15 is 0 Å². The maximum Gasteiger partial charge on any atom is 0.264 e. The molecule has 4 aliphatic rings. The molecule has 0 saturated heterocycles. The van der Waals surface area contributed by atoms with Crippen LogP contribution in [0.25, 0.3) is 32.3 Å². The lowest BCUT2D eigenvalue weighted by Gasteiger charge is -2.43. The first-order valence-electron chi connectivity index (χ1n) is 22.0. The number of anilines is 6. The molecule has 2 aliphatic carbocycles. The first kappa shape index (κ1) is 36.1. The van der Waals surface area contributed by atoms with Gasteiger partial charge in [-0.3, -0.25) is 0 Å². The number of nitrogens with zero attached hydrogens (tertiary/aromatic N) is 2. The molecule has 0 fully saturated rings. The Kier molecular flexibility index (Phi) is 7.27. The number of hydrogen-bond donors (Lipinski definition) is 0.